The monoisotopic (exact) mass is 190 g/mol. The molecule has 0 amide bonds. The van der Waals surface area contributed by atoms with Crippen molar-refractivity contribution in [2.24, 2.45) is 0 Å². The van der Waals surface area contributed by atoms with Crippen molar-refractivity contribution < 1.29 is 24.2 Å². The molecule has 0 saturated carbocycles. The molecule has 0 aromatic carbocycles. The lowest BCUT2D eigenvalue weighted by molar-refractivity contribution is -0.166. The first-order valence-corrected chi connectivity index (χ1v) is 4.01. The minimum Gasteiger partial charge on any atom is -0.464 e. The van der Waals surface area contributed by atoms with Crippen molar-refractivity contribution in [3.8, 4) is 0 Å². The maximum Gasteiger partial charge on any atom is 0.338 e. The van der Waals surface area contributed by atoms with Crippen molar-refractivity contribution in [1.29, 1.82) is 0 Å². The van der Waals surface area contributed by atoms with Crippen molar-refractivity contribution in [2.45, 2.75) is 33.0 Å². The predicted octanol–water partition coefficient (Wildman–Crippen LogP) is -0.138. The molecule has 13 heavy (non-hydrogen) atoms. The van der Waals surface area contributed by atoms with Gasteiger partial charge in [-0.3, -0.25) is 4.79 Å². The number of hydrogen-bond acceptors (Lipinski definition) is 5. The lowest BCUT2D eigenvalue weighted by atomic mass is 10.2. The van der Waals surface area contributed by atoms with Crippen LogP contribution in [-0.2, 0) is 19.1 Å². The van der Waals surface area contributed by atoms with E-state index in [9.17, 15) is 14.7 Å². The van der Waals surface area contributed by atoms with Gasteiger partial charge in [-0.2, -0.15) is 0 Å². The molecule has 0 fully saturated rings. The minimum atomic E-state index is -1.41. The molecular formula is C8H14O5. The van der Waals surface area contributed by atoms with Gasteiger partial charge in [0.25, 0.3) is 0 Å². The first-order chi connectivity index (χ1) is 5.99. The van der Waals surface area contributed by atoms with Gasteiger partial charge in [0.05, 0.1) is 6.61 Å². The molecule has 0 saturated heterocycles. The summed E-state index contributed by atoms with van der Waals surface area (Å²) in [5.41, 5.74) is 0. The predicted molar refractivity (Wildman–Crippen MR) is 43.9 cm³/mol. The Hall–Kier alpha value is -1.10. The van der Waals surface area contributed by atoms with Crippen LogP contribution in [0, 0.1) is 0 Å². The van der Waals surface area contributed by atoms with Gasteiger partial charge >= 0.3 is 11.9 Å². The second-order valence-corrected chi connectivity index (χ2v) is 2.51. The summed E-state index contributed by atoms with van der Waals surface area (Å²) in [4.78, 5) is 21.4. The van der Waals surface area contributed by atoms with E-state index in [0.717, 1.165) is 0 Å². The molecule has 0 unspecified atom stereocenters. The molecule has 0 aliphatic heterocycles. The molecule has 0 aliphatic carbocycles. The number of esters is 2. The highest BCUT2D eigenvalue weighted by Crippen LogP contribution is 2.01. The van der Waals surface area contributed by atoms with Crippen molar-refractivity contribution in [3.63, 3.8) is 0 Å². The number of aliphatic hydroxyl groups excluding tert-OH is 1. The fraction of sp³-hybridized carbons (Fsp3) is 0.750. The van der Waals surface area contributed by atoms with Gasteiger partial charge in [-0.05, 0) is 13.8 Å². The van der Waals surface area contributed by atoms with Gasteiger partial charge in [-0.25, -0.2) is 4.79 Å². The molecule has 0 spiro atoms. The van der Waals surface area contributed by atoms with Crippen LogP contribution in [0.5, 0.6) is 0 Å². The summed E-state index contributed by atoms with van der Waals surface area (Å²) in [6.45, 7) is 4.43. The van der Waals surface area contributed by atoms with Crippen LogP contribution in [0.2, 0.25) is 0 Å². The lowest BCUT2D eigenvalue weighted by Gasteiger charge is -2.16. The fourth-order valence-electron chi connectivity index (χ4n) is 0.746. The van der Waals surface area contributed by atoms with E-state index in [1.165, 1.54) is 13.8 Å². The number of ether oxygens (including phenoxy) is 2. The fourth-order valence-corrected chi connectivity index (χ4v) is 0.746. The Bertz CT molecular complexity index is 189. The Morgan fingerprint density at radius 2 is 2.00 bits per heavy atom. The standard InChI is InChI=1S/C8H14O5/c1-4-12-8(11)7(10)5(2)13-6(3)9/h5,7,10H,4H2,1-3H3/t5-,7+/m0/s1. The van der Waals surface area contributed by atoms with E-state index in [1.807, 2.05) is 0 Å². The first-order valence-electron chi connectivity index (χ1n) is 4.01. The molecule has 0 radical (unpaired) electrons. The zero-order chi connectivity index (χ0) is 10.4. The average Bonchev–Trinajstić information content (AvgIpc) is 2.02. The van der Waals surface area contributed by atoms with Gasteiger partial charge in [0.2, 0.25) is 0 Å². The molecule has 0 heterocycles. The molecule has 1 N–H and O–H groups in total. The highest BCUT2D eigenvalue weighted by atomic mass is 16.6. The van der Waals surface area contributed by atoms with Crippen LogP contribution < -0.4 is 0 Å². The highest BCUT2D eigenvalue weighted by molar-refractivity contribution is 5.75. The molecule has 0 aromatic heterocycles. The molecule has 0 rings (SSSR count). The number of rotatable bonds is 4. The van der Waals surface area contributed by atoms with E-state index in [1.54, 1.807) is 6.92 Å². The topological polar surface area (TPSA) is 72.8 Å². The second-order valence-electron chi connectivity index (χ2n) is 2.51. The van der Waals surface area contributed by atoms with Gasteiger partial charge in [-0.15, -0.1) is 0 Å². The summed E-state index contributed by atoms with van der Waals surface area (Å²) >= 11 is 0. The van der Waals surface area contributed by atoms with Crippen molar-refractivity contribution >= 4 is 11.9 Å². The zero-order valence-corrected chi connectivity index (χ0v) is 7.94. The third kappa shape index (κ3) is 4.47. The van der Waals surface area contributed by atoms with Crippen LogP contribution in [-0.4, -0.2) is 35.9 Å². The normalized spacial score (nSPS) is 14.5. The Morgan fingerprint density at radius 1 is 1.46 bits per heavy atom. The van der Waals surface area contributed by atoms with E-state index < -0.39 is 24.1 Å². The SMILES string of the molecule is CCOC(=O)[C@H](O)[C@H](C)OC(C)=O. The van der Waals surface area contributed by atoms with Crippen LogP contribution in [0.1, 0.15) is 20.8 Å². The maximum atomic E-state index is 10.9. The Morgan fingerprint density at radius 3 is 2.38 bits per heavy atom. The van der Waals surface area contributed by atoms with Crippen LogP contribution in [0.15, 0.2) is 0 Å². The third-order valence-electron chi connectivity index (χ3n) is 1.32. The molecule has 5 nitrogen and oxygen atoms in total. The number of carbonyl (C=O) groups is 2. The largest absolute Gasteiger partial charge is 0.464 e. The van der Waals surface area contributed by atoms with Crippen molar-refractivity contribution in [2.75, 3.05) is 6.61 Å². The van der Waals surface area contributed by atoms with Crippen LogP contribution in [0.25, 0.3) is 0 Å². The number of hydrogen-bond donors (Lipinski definition) is 1. The van der Waals surface area contributed by atoms with Crippen molar-refractivity contribution in [1.82, 2.24) is 0 Å². The quantitative estimate of drug-likeness (QED) is 0.625. The van der Waals surface area contributed by atoms with E-state index >= 15 is 0 Å². The zero-order valence-electron chi connectivity index (χ0n) is 7.94. The summed E-state index contributed by atoms with van der Waals surface area (Å²) in [5.74, 6) is -1.33. The second kappa shape index (κ2) is 5.53. The first kappa shape index (κ1) is 11.9. The van der Waals surface area contributed by atoms with Gasteiger partial charge < -0.3 is 14.6 Å². The minimum absolute atomic E-state index is 0.183. The van der Waals surface area contributed by atoms with Gasteiger partial charge in [0.15, 0.2) is 6.10 Å². The Labute approximate surface area is 76.6 Å². The maximum absolute atomic E-state index is 10.9. The summed E-state index contributed by atoms with van der Waals surface area (Å²) < 4.78 is 9.12. The van der Waals surface area contributed by atoms with Gasteiger partial charge in [0, 0.05) is 6.92 Å². The van der Waals surface area contributed by atoms with Gasteiger partial charge in [0.1, 0.15) is 6.10 Å². The molecule has 5 heteroatoms. The van der Waals surface area contributed by atoms with E-state index in [4.69, 9.17) is 0 Å². The summed E-state index contributed by atoms with van der Waals surface area (Å²) in [6.07, 6.45) is -2.29. The molecule has 0 aliphatic rings. The molecule has 76 valence electrons. The summed E-state index contributed by atoms with van der Waals surface area (Å²) in [6, 6.07) is 0. The lowest BCUT2D eigenvalue weighted by Crippen LogP contribution is -2.36. The molecular weight excluding hydrogens is 176 g/mol. The molecule has 0 bridgehead atoms. The van der Waals surface area contributed by atoms with E-state index in [0.29, 0.717) is 0 Å². The Kier molecular flexibility index (Phi) is 5.06. The smallest absolute Gasteiger partial charge is 0.338 e. The number of carbonyl (C=O) groups excluding carboxylic acids is 2. The third-order valence-corrected chi connectivity index (χ3v) is 1.32. The number of aliphatic hydroxyl groups is 1. The summed E-state index contributed by atoms with van der Waals surface area (Å²) in [7, 11) is 0. The van der Waals surface area contributed by atoms with Crippen LogP contribution in [0.4, 0.5) is 0 Å². The molecule has 2 atom stereocenters. The van der Waals surface area contributed by atoms with Gasteiger partial charge in [-0.1, -0.05) is 0 Å². The average molecular weight is 190 g/mol. The highest BCUT2D eigenvalue weighted by Gasteiger charge is 2.25. The Balaban J connectivity index is 4.00. The van der Waals surface area contributed by atoms with Crippen LogP contribution in [0.3, 0.4) is 0 Å². The van der Waals surface area contributed by atoms with E-state index in [2.05, 4.69) is 9.47 Å². The summed E-state index contributed by atoms with van der Waals surface area (Å²) in [5, 5.41) is 9.21. The molecule has 0 aromatic rings. The van der Waals surface area contributed by atoms with Crippen LogP contribution >= 0.6 is 0 Å². The van der Waals surface area contributed by atoms with Crippen molar-refractivity contribution in [3.05, 3.63) is 0 Å². The van der Waals surface area contributed by atoms with E-state index in [-0.39, 0.29) is 6.61 Å².